The highest BCUT2D eigenvalue weighted by molar-refractivity contribution is 6.30. The number of carbonyl (C=O) groups is 2. The summed E-state index contributed by atoms with van der Waals surface area (Å²) >= 11 is 12.2. The number of carbonyl (C=O) groups excluding carboxylic acids is 2. The Hall–Kier alpha value is -2.08. The number of rotatable bonds is 8. The molecule has 2 aromatic rings. The highest BCUT2D eigenvalue weighted by Crippen LogP contribution is 2.31. The molecule has 0 spiro atoms. The molecule has 166 valence electrons. The minimum absolute atomic E-state index is 0.0758. The minimum Gasteiger partial charge on any atom is -0.469 e. The largest absolute Gasteiger partial charge is 0.469 e. The number of hydrogen-bond acceptors (Lipinski definition) is 4. The van der Waals surface area contributed by atoms with E-state index in [1.807, 2.05) is 29.2 Å². The van der Waals surface area contributed by atoms with E-state index in [9.17, 15) is 9.59 Å². The van der Waals surface area contributed by atoms with Gasteiger partial charge in [0.25, 0.3) is 0 Å². The molecule has 5 nitrogen and oxygen atoms in total. The molecule has 1 amide bonds. The van der Waals surface area contributed by atoms with Gasteiger partial charge >= 0.3 is 5.97 Å². The lowest BCUT2D eigenvalue weighted by Crippen LogP contribution is -2.49. The van der Waals surface area contributed by atoms with Gasteiger partial charge in [0.2, 0.25) is 5.91 Å². The topological polar surface area (TPSA) is 49.9 Å². The van der Waals surface area contributed by atoms with Crippen LogP contribution in [-0.4, -0.2) is 55.0 Å². The summed E-state index contributed by atoms with van der Waals surface area (Å²) in [6, 6.07) is 15.9. The molecular formula is C24H28Cl2N2O3. The van der Waals surface area contributed by atoms with Crippen LogP contribution in [0.2, 0.25) is 10.0 Å². The van der Waals surface area contributed by atoms with Gasteiger partial charge in [0, 0.05) is 49.1 Å². The first kappa shape index (κ1) is 23.6. The molecule has 0 saturated carbocycles. The Morgan fingerprint density at radius 2 is 1.32 bits per heavy atom. The number of nitrogens with zero attached hydrogens (tertiary/aromatic N) is 2. The number of esters is 1. The maximum atomic E-state index is 12.6. The van der Waals surface area contributed by atoms with Crippen LogP contribution in [0.15, 0.2) is 48.5 Å². The van der Waals surface area contributed by atoms with Crippen molar-refractivity contribution in [1.82, 2.24) is 9.80 Å². The number of halogens is 2. The van der Waals surface area contributed by atoms with Crippen molar-refractivity contribution in [2.75, 3.05) is 33.3 Å². The van der Waals surface area contributed by atoms with E-state index in [0.29, 0.717) is 48.8 Å². The molecule has 1 aliphatic heterocycles. The maximum Gasteiger partial charge on any atom is 0.305 e. The smallest absolute Gasteiger partial charge is 0.305 e. The van der Waals surface area contributed by atoms with Crippen LogP contribution in [0.3, 0.4) is 0 Å². The average Bonchev–Trinajstić information content (AvgIpc) is 2.79. The lowest BCUT2D eigenvalue weighted by atomic mass is 9.96. The van der Waals surface area contributed by atoms with E-state index in [0.717, 1.165) is 24.2 Å². The number of piperazine rings is 1. The molecule has 0 aliphatic carbocycles. The summed E-state index contributed by atoms with van der Waals surface area (Å²) in [6.07, 6.45) is 2.20. The van der Waals surface area contributed by atoms with Gasteiger partial charge in [-0.1, -0.05) is 47.5 Å². The van der Waals surface area contributed by atoms with Crippen molar-refractivity contribution in [3.8, 4) is 0 Å². The summed E-state index contributed by atoms with van der Waals surface area (Å²) in [6.45, 7) is 2.94. The van der Waals surface area contributed by atoms with Crippen LogP contribution in [-0.2, 0) is 14.3 Å². The van der Waals surface area contributed by atoms with Crippen LogP contribution in [0.4, 0.5) is 0 Å². The fourth-order valence-corrected chi connectivity index (χ4v) is 4.19. The molecule has 0 bridgehead atoms. The number of unbranched alkanes of at least 4 members (excludes halogenated alkanes) is 1. The first-order valence-corrected chi connectivity index (χ1v) is 11.3. The van der Waals surface area contributed by atoms with Crippen molar-refractivity contribution >= 4 is 35.1 Å². The van der Waals surface area contributed by atoms with E-state index < -0.39 is 0 Å². The van der Waals surface area contributed by atoms with Crippen molar-refractivity contribution in [3.05, 3.63) is 69.7 Å². The standard InChI is InChI=1S/C24H28Cl2N2O3/c1-31-23(30)5-3-2-4-22(29)27-14-16-28(17-15-27)24(18-6-10-20(25)11-7-18)19-8-12-21(26)13-9-19/h6-13,24H,2-5,14-17H2,1H3. The van der Waals surface area contributed by atoms with Gasteiger partial charge in [0.15, 0.2) is 0 Å². The second kappa shape index (κ2) is 11.5. The number of benzene rings is 2. The summed E-state index contributed by atoms with van der Waals surface area (Å²) in [5.74, 6) is -0.0736. The summed E-state index contributed by atoms with van der Waals surface area (Å²) in [5, 5.41) is 1.42. The van der Waals surface area contributed by atoms with E-state index in [1.54, 1.807) is 0 Å². The highest BCUT2D eigenvalue weighted by atomic mass is 35.5. The zero-order valence-electron chi connectivity index (χ0n) is 17.7. The summed E-state index contributed by atoms with van der Waals surface area (Å²) in [4.78, 5) is 28.1. The SMILES string of the molecule is COC(=O)CCCCC(=O)N1CCN(C(c2ccc(Cl)cc2)c2ccc(Cl)cc2)CC1. The van der Waals surface area contributed by atoms with Crippen molar-refractivity contribution < 1.29 is 14.3 Å². The maximum absolute atomic E-state index is 12.6. The van der Waals surface area contributed by atoms with Crippen molar-refractivity contribution in [2.24, 2.45) is 0 Å². The Bertz CT molecular complexity index is 818. The lowest BCUT2D eigenvalue weighted by Gasteiger charge is -2.40. The Labute approximate surface area is 193 Å². The number of hydrogen-bond donors (Lipinski definition) is 0. The van der Waals surface area contributed by atoms with Crippen LogP contribution in [0.5, 0.6) is 0 Å². The van der Waals surface area contributed by atoms with E-state index in [-0.39, 0.29) is 17.9 Å². The molecule has 0 unspecified atom stereocenters. The monoisotopic (exact) mass is 462 g/mol. The molecule has 2 aromatic carbocycles. The van der Waals surface area contributed by atoms with Gasteiger partial charge in [-0.3, -0.25) is 14.5 Å². The summed E-state index contributed by atoms with van der Waals surface area (Å²) in [5.41, 5.74) is 2.32. The van der Waals surface area contributed by atoms with Crippen molar-refractivity contribution in [2.45, 2.75) is 31.7 Å². The van der Waals surface area contributed by atoms with Crippen molar-refractivity contribution in [1.29, 1.82) is 0 Å². The Kier molecular flexibility index (Phi) is 8.76. The van der Waals surface area contributed by atoms with Gasteiger partial charge < -0.3 is 9.64 Å². The Balaban J connectivity index is 1.61. The second-order valence-corrected chi connectivity index (χ2v) is 8.58. The van der Waals surface area contributed by atoms with Gasteiger partial charge in [0.05, 0.1) is 13.2 Å². The number of ether oxygens (including phenoxy) is 1. The highest BCUT2D eigenvalue weighted by Gasteiger charge is 2.28. The molecular weight excluding hydrogens is 435 g/mol. The third-order valence-electron chi connectivity index (χ3n) is 5.65. The summed E-state index contributed by atoms with van der Waals surface area (Å²) < 4.78 is 4.64. The van der Waals surface area contributed by atoms with Crippen molar-refractivity contribution in [3.63, 3.8) is 0 Å². The average molecular weight is 463 g/mol. The van der Waals surface area contributed by atoms with Gasteiger partial charge in [-0.25, -0.2) is 0 Å². The minimum atomic E-state index is -0.225. The molecule has 1 aliphatic rings. The molecule has 3 rings (SSSR count). The van der Waals surface area contributed by atoms with Crippen LogP contribution in [0.25, 0.3) is 0 Å². The first-order valence-electron chi connectivity index (χ1n) is 10.6. The molecule has 0 N–H and O–H groups in total. The molecule has 0 aromatic heterocycles. The fraction of sp³-hybridized carbons (Fsp3) is 0.417. The quantitative estimate of drug-likeness (QED) is 0.410. The molecule has 1 fully saturated rings. The molecule has 0 radical (unpaired) electrons. The number of methoxy groups -OCH3 is 1. The fourth-order valence-electron chi connectivity index (χ4n) is 3.94. The van der Waals surface area contributed by atoms with Crippen LogP contribution < -0.4 is 0 Å². The van der Waals surface area contributed by atoms with E-state index in [1.165, 1.54) is 7.11 Å². The molecule has 7 heteroatoms. The lowest BCUT2D eigenvalue weighted by molar-refractivity contribution is -0.141. The third kappa shape index (κ3) is 6.70. The van der Waals surface area contributed by atoms with Gasteiger partial charge in [-0.05, 0) is 48.2 Å². The predicted octanol–water partition coefficient (Wildman–Crippen LogP) is 4.96. The van der Waals surface area contributed by atoms with Crippen LogP contribution in [0.1, 0.15) is 42.9 Å². The van der Waals surface area contributed by atoms with E-state index in [4.69, 9.17) is 23.2 Å². The Morgan fingerprint density at radius 1 is 0.839 bits per heavy atom. The molecule has 1 heterocycles. The zero-order chi connectivity index (χ0) is 22.2. The molecule has 1 saturated heterocycles. The Morgan fingerprint density at radius 3 is 1.81 bits per heavy atom. The zero-order valence-corrected chi connectivity index (χ0v) is 19.2. The number of amides is 1. The second-order valence-electron chi connectivity index (χ2n) is 7.71. The first-order chi connectivity index (χ1) is 15.0. The summed E-state index contributed by atoms with van der Waals surface area (Å²) in [7, 11) is 1.38. The molecule has 31 heavy (non-hydrogen) atoms. The normalized spacial score (nSPS) is 14.6. The van der Waals surface area contributed by atoms with Gasteiger partial charge in [0.1, 0.15) is 0 Å². The van der Waals surface area contributed by atoms with Crippen LogP contribution >= 0.6 is 23.2 Å². The predicted molar refractivity (Wildman–Crippen MR) is 123 cm³/mol. The van der Waals surface area contributed by atoms with Crippen LogP contribution in [0, 0.1) is 0 Å². The van der Waals surface area contributed by atoms with E-state index >= 15 is 0 Å². The van der Waals surface area contributed by atoms with Gasteiger partial charge in [-0.2, -0.15) is 0 Å². The van der Waals surface area contributed by atoms with E-state index in [2.05, 4.69) is 33.9 Å². The van der Waals surface area contributed by atoms with Gasteiger partial charge in [-0.15, -0.1) is 0 Å². The molecule has 0 atom stereocenters. The third-order valence-corrected chi connectivity index (χ3v) is 6.16.